The van der Waals surface area contributed by atoms with Crippen LogP contribution in [0.1, 0.15) is 26.2 Å². The van der Waals surface area contributed by atoms with Crippen LogP contribution in [0.25, 0.3) is 0 Å². The molecule has 0 radical (unpaired) electrons. The van der Waals surface area contributed by atoms with Gasteiger partial charge in [-0.25, -0.2) is 0 Å². The highest BCUT2D eigenvalue weighted by Gasteiger charge is 2.15. The normalized spacial score (nSPS) is 15.3. The molecule has 1 aliphatic heterocycles. The average Bonchev–Trinajstić information content (AvgIpc) is 2.39. The van der Waals surface area contributed by atoms with Crippen LogP contribution in [0.2, 0.25) is 0 Å². The van der Waals surface area contributed by atoms with E-state index in [0.717, 1.165) is 30.2 Å². The number of carbonyl (C=O) groups is 1. The highest BCUT2D eigenvalue weighted by molar-refractivity contribution is 5.89. The van der Waals surface area contributed by atoms with E-state index >= 15 is 0 Å². The molecule has 1 N–H and O–H groups in total. The lowest BCUT2D eigenvalue weighted by Crippen LogP contribution is -2.29. The fraction of sp³-hybridized carbons (Fsp3) is 0.500. The van der Waals surface area contributed by atoms with E-state index in [1.165, 1.54) is 26.2 Å². The maximum absolute atomic E-state index is 11.1. The lowest BCUT2D eigenvalue weighted by molar-refractivity contribution is -0.114. The number of anilines is 2. The van der Waals surface area contributed by atoms with Gasteiger partial charge in [0.15, 0.2) is 0 Å². The molecule has 0 spiro atoms. The van der Waals surface area contributed by atoms with E-state index in [4.69, 9.17) is 4.74 Å². The molecule has 18 heavy (non-hydrogen) atoms. The zero-order chi connectivity index (χ0) is 13.0. The molecule has 0 aliphatic carbocycles. The Labute approximate surface area is 108 Å². The number of piperidine rings is 1. The molecule has 0 atom stereocenters. The van der Waals surface area contributed by atoms with Crippen LogP contribution in [0.4, 0.5) is 11.4 Å². The van der Waals surface area contributed by atoms with Gasteiger partial charge in [0.1, 0.15) is 5.75 Å². The minimum Gasteiger partial charge on any atom is -0.495 e. The molecule has 1 aliphatic rings. The van der Waals surface area contributed by atoms with Gasteiger partial charge >= 0.3 is 0 Å². The predicted octanol–water partition coefficient (Wildman–Crippen LogP) is 2.64. The summed E-state index contributed by atoms with van der Waals surface area (Å²) in [7, 11) is 1.68. The van der Waals surface area contributed by atoms with Crippen LogP contribution in [0.3, 0.4) is 0 Å². The van der Waals surface area contributed by atoms with Gasteiger partial charge in [-0.3, -0.25) is 4.79 Å². The largest absolute Gasteiger partial charge is 0.495 e. The summed E-state index contributed by atoms with van der Waals surface area (Å²) in [6.45, 7) is 3.63. The van der Waals surface area contributed by atoms with E-state index in [-0.39, 0.29) is 5.91 Å². The van der Waals surface area contributed by atoms with E-state index in [2.05, 4.69) is 10.2 Å². The summed E-state index contributed by atoms with van der Waals surface area (Å²) >= 11 is 0. The van der Waals surface area contributed by atoms with Crippen LogP contribution >= 0.6 is 0 Å². The van der Waals surface area contributed by atoms with E-state index in [1.807, 2.05) is 18.2 Å². The Morgan fingerprint density at radius 1 is 1.28 bits per heavy atom. The molecule has 4 heteroatoms. The number of hydrogen-bond acceptors (Lipinski definition) is 3. The molecule has 4 nitrogen and oxygen atoms in total. The molecule has 1 aromatic rings. The average molecular weight is 248 g/mol. The minimum atomic E-state index is -0.0511. The number of nitrogens with zero attached hydrogens (tertiary/aromatic N) is 1. The van der Waals surface area contributed by atoms with Crippen molar-refractivity contribution in [1.29, 1.82) is 0 Å². The van der Waals surface area contributed by atoms with Crippen LogP contribution in [0.5, 0.6) is 5.75 Å². The van der Waals surface area contributed by atoms with Crippen LogP contribution in [0, 0.1) is 0 Å². The first-order chi connectivity index (χ1) is 8.70. The van der Waals surface area contributed by atoms with Gasteiger partial charge in [0.05, 0.1) is 12.8 Å². The molecule has 1 saturated heterocycles. The summed E-state index contributed by atoms with van der Waals surface area (Å²) in [5.74, 6) is 0.816. The summed E-state index contributed by atoms with van der Waals surface area (Å²) in [6.07, 6.45) is 3.73. The van der Waals surface area contributed by atoms with Gasteiger partial charge in [-0.05, 0) is 37.5 Å². The van der Waals surface area contributed by atoms with E-state index in [0.29, 0.717) is 0 Å². The number of nitrogens with one attached hydrogen (secondary N) is 1. The molecule has 1 aromatic carbocycles. The van der Waals surface area contributed by atoms with Crippen molar-refractivity contribution < 1.29 is 9.53 Å². The molecule has 1 amide bonds. The number of rotatable bonds is 3. The van der Waals surface area contributed by atoms with Crippen molar-refractivity contribution >= 4 is 17.3 Å². The number of benzene rings is 1. The first-order valence-electron chi connectivity index (χ1n) is 6.41. The topological polar surface area (TPSA) is 41.6 Å². The van der Waals surface area contributed by atoms with Crippen LogP contribution < -0.4 is 15.0 Å². The smallest absolute Gasteiger partial charge is 0.221 e. The van der Waals surface area contributed by atoms with Gasteiger partial charge in [0.2, 0.25) is 5.91 Å². The van der Waals surface area contributed by atoms with Crippen molar-refractivity contribution in [3.05, 3.63) is 18.2 Å². The Kier molecular flexibility index (Phi) is 4.07. The van der Waals surface area contributed by atoms with Crippen molar-refractivity contribution in [3.8, 4) is 5.75 Å². The van der Waals surface area contributed by atoms with Gasteiger partial charge < -0.3 is 15.0 Å². The quantitative estimate of drug-likeness (QED) is 0.894. The van der Waals surface area contributed by atoms with E-state index in [9.17, 15) is 4.79 Å². The second kappa shape index (κ2) is 5.76. The molecular formula is C14H20N2O2. The SMILES string of the molecule is COc1ccc(NC(C)=O)cc1N1CCCCC1. The lowest BCUT2D eigenvalue weighted by atomic mass is 10.1. The Bertz CT molecular complexity index is 426. The predicted molar refractivity (Wildman–Crippen MR) is 73.4 cm³/mol. The van der Waals surface area contributed by atoms with Crippen molar-refractivity contribution in [3.63, 3.8) is 0 Å². The number of methoxy groups -OCH3 is 1. The van der Waals surface area contributed by atoms with Crippen LogP contribution in [0.15, 0.2) is 18.2 Å². The molecule has 0 aromatic heterocycles. The zero-order valence-electron chi connectivity index (χ0n) is 11.0. The zero-order valence-corrected chi connectivity index (χ0v) is 11.0. The fourth-order valence-electron chi connectivity index (χ4n) is 2.35. The number of ether oxygens (including phenoxy) is 1. The Balaban J connectivity index is 2.26. The molecule has 0 bridgehead atoms. The molecule has 1 fully saturated rings. The summed E-state index contributed by atoms with van der Waals surface area (Å²) in [5.41, 5.74) is 1.90. The van der Waals surface area contributed by atoms with Gasteiger partial charge in [0.25, 0.3) is 0 Å². The van der Waals surface area contributed by atoms with E-state index < -0.39 is 0 Å². The number of carbonyl (C=O) groups excluding carboxylic acids is 1. The third-order valence-electron chi connectivity index (χ3n) is 3.20. The molecule has 1 heterocycles. The second-order valence-corrected chi connectivity index (χ2v) is 4.62. The van der Waals surface area contributed by atoms with Crippen molar-refractivity contribution in [2.75, 3.05) is 30.4 Å². The third-order valence-corrected chi connectivity index (χ3v) is 3.20. The molecule has 98 valence electrons. The molecule has 0 saturated carbocycles. The standard InChI is InChI=1S/C14H20N2O2/c1-11(17)15-12-6-7-14(18-2)13(10-12)16-8-4-3-5-9-16/h6-7,10H,3-5,8-9H2,1-2H3,(H,15,17). The maximum Gasteiger partial charge on any atom is 0.221 e. The minimum absolute atomic E-state index is 0.0511. The fourth-order valence-corrected chi connectivity index (χ4v) is 2.35. The van der Waals surface area contributed by atoms with Crippen molar-refractivity contribution in [2.45, 2.75) is 26.2 Å². The first-order valence-corrected chi connectivity index (χ1v) is 6.41. The van der Waals surface area contributed by atoms with Crippen LogP contribution in [-0.4, -0.2) is 26.1 Å². The number of hydrogen-bond donors (Lipinski definition) is 1. The lowest BCUT2D eigenvalue weighted by Gasteiger charge is -2.30. The summed E-state index contributed by atoms with van der Waals surface area (Å²) in [4.78, 5) is 13.4. The summed E-state index contributed by atoms with van der Waals surface area (Å²) in [6, 6.07) is 5.77. The van der Waals surface area contributed by atoms with Crippen molar-refractivity contribution in [2.24, 2.45) is 0 Å². The second-order valence-electron chi connectivity index (χ2n) is 4.62. The van der Waals surface area contributed by atoms with Gasteiger partial charge in [-0.15, -0.1) is 0 Å². The maximum atomic E-state index is 11.1. The molecular weight excluding hydrogens is 228 g/mol. The van der Waals surface area contributed by atoms with Gasteiger partial charge in [-0.2, -0.15) is 0 Å². The monoisotopic (exact) mass is 248 g/mol. The van der Waals surface area contributed by atoms with Crippen LogP contribution in [-0.2, 0) is 4.79 Å². The van der Waals surface area contributed by atoms with Gasteiger partial charge in [-0.1, -0.05) is 0 Å². The molecule has 0 unspecified atom stereocenters. The van der Waals surface area contributed by atoms with Crippen molar-refractivity contribution in [1.82, 2.24) is 0 Å². The summed E-state index contributed by atoms with van der Waals surface area (Å²) in [5, 5.41) is 2.81. The Hall–Kier alpha value is -1.71. The summed E-state index contributed by atoms with van der Waals surface area (Å²) < 4.78 is 5.40. The number of amides is 1. The Morgan fingerprint density at radius 3 is 2.61 bits per heavy atom. The first kappa shape index (κ1) is 12.7. The highest BCUT2D eigenvalue weighted by Crippen LogP contribution is 2.33. The molecule has 2 rings (SSSR count). The third kappa shape index (κ3) is 2.94. The Morgan fingerprint density at radius 2 is 2.00 bits per heavy atom. The van der Waals surface area contributed by atoms with E-state index in [1.54, 1.807) is 7.11 Å². The highest BCUT2D eigenvalue weighted by atomic mass is 16.5. The van der Waals surface area contributed by atoms with Gasteiger partial charge in [0, 0.05) is 25.7 Å².